The van der Waals surface area contributed by atoms with Crippen molar-refractivity contribution in [2.24, 2.45) is 7.05 Å². The zero-order valence-electron chi connectivity index (χ0n) is 22.1. The Morgan fingerprint density at radius 2 is 1.89 bits per heavy atom. The zero-order chi connectivity index (χ0) is 25.4. The highest BCUT2D eigenvalue weighted by Crippen LogP contribution is 2.44. The van der Waals surface area contributed by atoms with Crippen molar-refractivity contribution >= 4 is 11.6 Å². The van der Waals surface area contributed by atoms with E-state index in [1.165, 1.54) is 33.5 Å². The van der Waals surface area contributed by atoms with Crippen molar-refractivity contribution in [3.63, 3.8) is 0 Å². The first kappa shape index (κ1) is 24.3. The van der Waals surface area contributed by atoms with E-state index in [2.05, 4.69) is 77.2 Å². The minimum atomic E-state index is 0.0886. The molecule has 1 fully saturated rings. The van der Waals surface area contributed by atoms with E-state index in [9.17, 15) is 0 Å². The third-order valence-electron chi connectivity index (χ3n) is 7.42. The monoisotopic (exact) mass is 483 g/mol. The van der Waals surface area contributed by atoms with Crippen LogP contribution in [0.1, 0.15) is 66.4 Å². The first-order valence-corrected chi connectivity index (χ1v) is 12.9. The van der Waals surface area contributed by atoms with Crippen molar-refractivity contribution in [1.82, 2.24) is 24.3 Å². The van der Waals surface area contributed by atoms with Crippen LogP contribution in [0.4, 0.5) is 0 Å². The Labute approximate surface area is 214 Å². The molecule has 2 aromatic heterocycles. The molecule has 1 aliphatic carbocycles. The molecule has 1 aliphatic heterocycles. The lowest BCUT2D eigenvalue weighted by molar-refractivity contribution is 0.0379. The second kappa shape index (κ2) is 9.94. The molecule has 188 valence electrons. The van der Waals surface area contributed by atoms with Gasteiger partial charge in [0.25, 0.3) is 0 Å². The molecule has 6 heteroatoms. The summed E-state index contributed by atoms with van der Waals surface area (Å²) < 4.78 is 8.01. The predicted octanol–water partition coefficient (Wildman–Crippen LogP) is 5.38. The number of ether oxygens (including phenoxy) is 1. The smallest absolute Gasteiger partial charge is 0.182 e. The van der Waals surface area contributed by atoms with Gasteiger partial charge in [0.15, 0.2) is 5.88 Å². The van der Waals surface area contributed by atoms with Crippen LogP contribution in [0.5, 0.6) is 0 Å². The highest BCUT2D eigenvalue weighted by Gasteiger charge is 2.34. The number of aryl methyl sites for hydroxylation is 2. The van der Waals surface area contributed by atoms with Crippen LogP contribution >= 0.6 is 0 Å². The van der Waals surface area contributed by atoms with Gasteiger partial charge >= 0.3 is 0 Å². The largest absolute Gasteiger partial charge is 0.477 e. The van der Waals surface area contributed by atoms with Gasteiger partial charge in [-0.3, -0.25) is 9.88 Å². The second-order valence-electron chi connectivity index (χ2n) is 10.3. The van der Waals surface area contributed by atoms with Gasteiger partial charge in [-0.25, -0.2) is 4.98 Å². The molecule has 0 saturated carbocycles. The van der Waals surface area contributed by atoms with E-state index in [1.807, 2.05) is 38.6 Å². The van der Waals surface area contributed by atoms with Crippen LogP contribution < -0.4 is 0 Å². The Morgan fingerprint density at radius 1 is 1.11 bits per heavy atom. The first-order chi connectivity index (χ1) is 17.3. The van der Waals surface area contributed by atoms with Crippen LogP contribution in [0.25, 0.3) is 11.6 Å². The van der Waals surface area contributed by atoms with E-state index in [0.29, 0.717) is 0 Å². The SMILES string of the molecule is C=C(OC(C)C)N1CCN(C2c3ccc(C)cc3C(C(C)c3cncn3C)=Cc3cccnc32)CC1. The molecule has 3 heterocycles. The quantitative estimate of drug-likeness (QED) is 0.440. The molecule has 5 rings (SSSR count). The maximum Gasteiger partial charge on any atom is 0.182 e. The summed E-state index contributed by atoms with van der Waals surface area (Å²) in [6, 6.07) is 11.2. The van der Waals surface area contributed by atoms with Gasteiger partial charge in [-0.2, -0.15) is 0 Å². The molecule has 2 unspecified atom stereocenters. The van der Waals surface area contributed by atoms with Gasteiger partial charge in [-0.15, -0.1) is 0 Å². The highest BCUT2D eigenvalue weighted by atomic mass is 16.5. The number of hydrogen-bond acceptors (Lipinski definition) is 5. The van der Waals surface area contributed by atoms with E-state index in [-0.39, 0.29) is 18.1 Å². The van der Waals surface area contributed by atoms with Gasteiger partial charge in [0.05, 0.1) is 24.2 Å². The van der Waals surface area contributed by atoms with Crippen molar-refractivity contribution in [2.45, 2.75) is 45.8 Å². The maximum atomic E-state index is 5.89. The van der Waals surface area contributed by atoms with E-state index in [1.54, 1.807) is 0 Å². The molecule has 0 radical (unpaired) electrons. The van der Waals surface area contributed by atoms with E-state index in [4.69, 9.17) is 9.72 Å². The lowest BCUT2D eigenvalue weighted by Crippen LogP contribution is -2.48. The highest BCUT2D eigenvalue weighted by molar-refractivity contribution is 5.88. The number of rotatable bonds is 6. The minimum Gasteiger partial charge on any atom is -0.477 e. The fraction of sp³-hybridized carbons (Fsp3) is 0.400. The molecular weight excluding hydrogens is 446 g/mol. The fourth-order valence-electron chi connectivity index (χ4n) is 5.58. The Hall–Kier alpha value is -3.38. The normalized spacial score (nSPS) is 18.8. The minimum absolute atomic E-state index is 0.0886. The Morgan fingerprint density at radius 3 is 2.58 bits per heavy atom. The summed E-state index contributed by atoms with van der Waals surface area (Å²) in [5.74, 6) is 0.965. The summed E-state index contributed by atoms with van der Waals surface area (Å²) in [4.78, 5) is 14.2. The molecule has 2 atom stereocenters. The Bertz CT molecular complexity index is 1280. The first-order valence-electron chi connectivity index (χ1n) is 12.9. The number of benzene rings is 1. The molecule has 36 heavy (non-hydrogen) atoms. The summed E-state index contributed by atoms with van der Waals surface area (Å²) in [6.07, 6.45) is 8.28. The Kier molecular flexibility index (Phi) is 6.71. The number of hydrogen-bond donors (Lipinski definition) is 0. The average Bonchev–Trinajstić information content (AvgIpc) is 3.23. The molecule has 1 aromatic carbocycles. The van der Waals surface area contributed by atoms with Crippen LogP contribution in [0, 0.1) is 6.92 Å². The van der Waals surface area contributed by atoms with Gasteiger partial charge in [-0.1, -0.05) is 36.8 Å². The Balaban J connectivity index is 1.55. The van der Waals surface area contributed by atoms with Crippen LogP contribution in [-0.2, 0) is 11.8 Å². The predicted molar refractivity (Wildman–Crippen MR) is 145 cm³/mol. The molecular formula is C30H37N5O. The van der Waals surface area contributed by atoms with E-state index in [0.717, 1.165) is 37.8 Å². The third kappa shape index (κ3) is 4.58. The van der Waals surface area contributed by atoms with Gasteiger partial charge in [0, 0.05) is 57.2 Å². The summed E-state index contributed by atoms with van der Waals surface area (Å²) in [5.41, 5.74) is 8.73. The summed E-state index contributed by atoms with van der Waals surface area (Å²) in [6.45, 7) is 16.3. The number of fused-ring (bicyclic) bond motifs is 2. The van der Waals surface area contributed by atoms with Crippen LogP contribution in [-0.4, -0.2) is 56.6 Å². The molecule has 0 N–H and O–H groups in total. The fourth-order valence-corrected chi connectivity index (χ4v) is 5.58. The lowest BCUT2D eigenvalue weighted by Gasteiger charge is -2.41. The van der Waals surface area contributed by atoms with Gasteiger partial charge < -0.3 is 14.2 Å². The topological polar surface area (TPSA) is 46.4 Å². The standard InChI is InChI=1S/C30H37N5O/c1-20(2)36-23(5)34-12-14-35(15-13-34)30-25-10-9-21(3)16-27(25)26(17-24-8-7-11-32-29(24)30)22(4)28-18-31-19-33(28)6/h7-11,16-20,22,30H,5,12-15H2,1-4,6H3. The van der Waals surface area contributed by atoms with Crippen molar-refractivity contribution in [2.75, 3.05) is 26.2 Å². The zero-order valence-corrected chi connectivity index (χ0v) is 22.1. The second-order valence-corrected chi connectivity index (χ2v) is 10.3. The molecule has 0 amide bonds. The molecule has 0 bridgehead atoms. The summed E-state index contributed by atoms with van der Waals surface area (Å²) in [5, 5.41) is 0. The van der Waals surface area contributed by atoms with Crippen LogP contribution in [0.15, 0.2) is 61.5 Å². The number of aromatic nitrogens is 3. The van der Waals surface area contributed by atoms with Gasteiger partial charge in [0.2, 0.25) is 0 Å². The van der Waals surface area contributed by atoms with Crippen molar-refractivity contribution in [3.05, 3.63) is 95.2 Å². The number of imidazole rings is 1. The van der Waals surface area contributed by atoms with Crippen LogP contribution in [0.2, 0.25) is 0 Å². The number of pyridine rings is 1. The number of nitrogens with zero attached hydrogens (tertiary/aromatic N) is 5. The van der Waals surface area contributed by atoms with E-state index >= 15 is 0 Å². The molecule has 2 aliphatic rings. The third-order valence-corrected chi connectivity index (χ3v) is 7.42. The molecule has 6 nitrogen and oxygen atoms in total. The van der Waals surface area contributed by atoms with Gasteiger partial charge in [-0.05, 0) is 61.8 Å². The van der Waals surface area contributed by atoms with Crippen molar-refractivity contribution < 1.29 is 4.74 Å². The summed E-state index contributed by atoms with van der Waals surface area (Å²) >= 11 is 0. The summed E-state index contributed by atoms with van der Waals surface area (Å²) in [7, 11) is 2.07. The van der Waals surface area contributed by atoms with Crippen molar-refractivity contribution in [1.29, 1.82) is 0 Å². The van der Waals surface area contributed by atoms with Crippen LogP contribution in [0.3, 0.4) is 0 Å². The maximum absolute atomic E-state index is 5.89. The van der Waals surface area contributed by atoms with E-state index < -0.39 is 0 Å². The lowest BCUT2D eigenvalue weighted by atomic mass is 9.86. The van der Waals surface area contributed by atoms with Crippen molar-refractivity contribution in [3.8, 4) is 0 Å². The van der Waals surface area contributed by atoms with Gasteiger partial charge in [0.1, 0.15) is 0 Å². The molecule has 1 saturated heterocycles. The average molecular weight is 484 g/mol. The number of piperazine rings is 1. The number of allylic oxidation sites excluding steroid dienone is 1. The molecule has 0 spiro atoms. The molecule has 3 aromatic rings.